The van der Waals surface area contributed by atoms with E-state index in [4.69, 9.17) is 0 Å². The van der Waals surface area contributed by atoms with Gasteiger partial charge in [-0.05, 0) is 109 Å². The molecule has 176 valence electrons. The number of aryl methyl sites for hydroxylation is 1. The molecule has 0 aliphatic heterocycles. The van der Waals surface area contributed by atoms with E-state index < -0.39 is 0 Å². The van der Waals surface area contributed by atoms with Crippen LogP contribution in [0.5, 0.6) is 0 Å². The third kappa shape index (κ3) is 3.41. The normalized spacial score (nSPS) is 11.6. The fourth-order valence-corrected chi connectivity index (χ4v) is 5.80. The number of benzene rings is 7. The second-order valence-electron chi connectivity index (χ2n) is 9.67. The molecular weight excluding hydrogens is 458 g/mol. The van der Waals surface area contributed by atoms with E-state index in [0.717, 1.165) is 33.0 Å². The average molecular weight is 481 g/mol. The van der Waals surface area contributed by atoms with Crippen LogP contribution >= 0.6 is 0 Å². The molecule has 2 heteroatoms. The van der Waals surface area contributed by atoms with Crippen LogP contribution in [0.1, 0.15) is 5.56 Å². The van der Waals surface area contributed by atoms with Crippen LogP contribution in [0.15, 0.2) is 115 Å². The highest BCUT2D eigenvalue weighted by Crippen LogP contribution is 2.47. The molecule has 0 bridgehead atoms. The fraction of sp³-hybridized carbons (Fsp3) is 0.0286. The lowest BCUT2D eigenvalue weighted by Crippen LogP contribution is -1.95. The maximum atomic E-state index is 13.9. The van der Waals surface area contributed by atoms with Crippen molar-refractivity contribution in [3.05, 3.63) is 132 Å². The number of hydrogen-bond donors (Lipinski definition) is 0. The van der Waals surface area contributed by atoms with Gasteiger partial charge in [-0.25, -0.2) is 8.78 Å². The van der Waals surface area contributed by atoms with Crippen LogP contribution in [0.3, 0.4) is 0 Å². The molecule has 0 amide bonds. The molecule has 0 unspecified atom stereocenters. The van der Waals surface area contributed by atoms with Gasteiger partial charge in [-0.3, -0.25) is 0 Å². The third-order valence-electron chi connectivity index (χ3n) is 7.48. The van der Waals surface area contributed by atoms with E-state index in [1.165, 1.54) is 62.5 Å². The molecule has 7 aromatic carbocycles. The average Bonchev–Trinajstić information content (AvgIpc) is 2.93. The molecule has 7 aromatic rings. The Balaban J connectivity index is 1.68. The molecule has 0 fully saturated rings. The van der Waals surface area contributed by atoms with Gasteiger partial charge in [0.05, 0.1) is 0 Å². The summed E-state index contributed by atoms with van der Waals surface area (Å²) >= 11 is 0. The van der Waals surface area contributed by atoms with Crippen LogP contribution in [0.4, 0.5) is 8.78 Å². The highest BCUT2D eigenvalue weighted by atomic mass is 19.1. The molecule has 37 heavy (non-hydrogen) atoms. The topological polar surface area (TPSA) is 0 Å². The second-order valence-corrected chi connectivity index (χ2v) is 9.67. The molecular formula is C35H22F2. The van der Waals surface area contributed by atoms with Crippen LogP contribution in [0, 0.1) is 18.6 Å². The van der Waals surface area contributed by atoms with Gasteiger partial charge in [-0.2, -0.15) is 0 Å². The summed E-state index contributed by atoms with van der Waals surface area (Å²) in [7, 11) is 0. The van der Waals surface area contributed by atoms with E-state index in [1.54, 1.807) is 0 Å². The Hall–Kier alpha value is -4.56. The molecule has 0 N–H and O–H groups in total. The molecule has 0 spiro atoms. The predicted octanol–water partition coefficient (Wildman–Crippen LogP) is 10.2. The highest BCUT2D eigenvalue weighted by Gasteiger charge is 2.20. The highest BCUT2D eigenvalue weighted by molar-refractivity contribution is 6.30. The van der Waals surface area contributed by atoms with E-state index in [1.807, 2.05) is 30.3 Å². The molecule has 0 radical (unpaired) electrons. The zero-order valence-electron chi connectivity index (χ0n) is 20.2. The minimum atomic E-state index is -0.261. The van der Waals surface area contributed by atoms with Crippen molar-refractivity contribution < 1.29 is 8.78 Å². The molecule has 7 rings (SSSR count). The molecule has 0 aliphatic rings. The Kier molecular flexibility index (Phi) is 4.84. The van der Waals surface area contributed by atoms with Gasteiger partial charge < -0.3 is 0 Å². The Morgan fingerprint density at radius 1 is 0.432 bits per heavy atom. The van der Waals surface area contributed by atoms with Crippen LogP contribution in [0.2, 0.25) is 0 Å². The van der Waals surface area contributed by atoms with Gasteiger partial charge in [0.2, 0.25) is 0 Å². The van der Waals surface area contributed by atoms with Crippen molar-refractivity contribution in [1.29, 1.82) is 0 Å². The van der Waals surface area contributed by atoms with Gasteiger partial charge >= 0.3 is 0 Å². The van der Waals surface area contributed by atoms with Crippen LogP contribution in [0.25, 0.3) is 65.7 Å². The van der Waals surface area contributed by atoms with Crippen LogP contribution < -0.4 is 0 Å². The minimum Gasteiger partial charge on any atom is -0.207 e. The van der Waals surface area contributed by atoms with Gasteiger partial charge in [0.15, 0.2) is 0 Å². The Labute approximate surface area is 213 Å². The van der Waals surface area contributed by atoms with Gasteiger partial charge in [0.1, 0.15) is 11.6 Å². The Morgan fingerprint density at radius 3 is 1.70 bits per heavy atom. The zero-order chi connectivity index (χ0) is 25.1. The molecule has 0 atom stereocenters. The summed E-state index contributed by atoms with van der Waals surface area (Å²) in [5.41, 5.74) is 7.52. The van der Waals surface area contributed by atoms with E-state index in [9.17, 15) is 8.78 Å². The number of rotatable bonds is 3. The lowest BCUT2D eigenvalue weighted by atomic mass is 9.82. The second kappa shape index (κ2) is 8.25. The van der Waals surface area contributed by atoms with Crippen LogP contribution in [-0.4, -0.2) is 0 Å². The maximum absolute atomic E-state index is 13.9. The monoisotopic (exact) mass is 480 g/mol. The van der Waals surface area contributed by atoms with Crippen molar-refractivity contribution in [3.8, 4) is 33.4 Å². The Bertz CT molecular complexity index is 1920. The van der Waals surface area contributed by atoms with Crippen molar-refractivity contribution in [2.24, 2.45) is 0 Å². The smallest absolute Gasteiger partial charge is 0.123 e. The lowest BCUT2D eigenvalue weighted by Gasteiger charge is -2.21. The predicted molar refractivity (Wildman–Crippen MR) is 151 cm³/mol. The summed E-state index contributed by atoms with van der Waals surface area (Å²) in [6, 6.07) is 37.1. The quantitative estimate of drug-likeness (QED) is 0.221. The van der Waals surface area contributed by atoms with Crippen molar-refractivity contribution in [3.63, 3.8) is 0 Å². The summed E-state index contributed by atoms with van der Waals surface area (Å²) in [6.07, 6.45) is 0. The van der Waals surface area contributed by atoms with E-state index in [0.29, 0.717) is 0 Å². The summed E-state index contributed by atoms with van der Waals surface area (Å²) in [5.74, 6) is -0.520. The summed E-state index contributed by atoms with van der Waals surface area (Å²) in [6.45, 7) is 2.16. The number of halogens is 2. The van der Waals surface area contributed by atoms with Crippen molar-refractivity contribution in [2.75, 3.05) is 0 Å². The summed E-state index contributed by atoms with van der Waals surface area (Å²) in [5, 5.41) is 7.07. The summed E-state index contributed by atoms with van der Waals surface area (Å²) < 4.78 is 27.7. The van der Waals surface area contributed by atoms with Gasteiger partial charge in [0, 0.05) is 0 Å². The van der Waals surface area contributed by atoms with Crippen LogP contribution in [-0.2, 0) is 0 Å². The summed E-state index contributed by atoms with van der Waals surface area (Å²) in [4.78, 5) is 0. The van der Waals surface area contributed by atoms with Gasteiger partial charge in [0.25, 0.3) is 0 Å². The lowest BCUT2D eigenvalue weighted by molar-refractivity contribution is 0.627. The van der Waals surface area contributed by atoms with E-state index in [-0.39, 0.29) is 11.6 Å². The maximum Gasteiger partial charge on any atom is 0.123 e. The first kappa shape index (κ1) is 21.7. The molecule has 0 aliphatic carbocycles. The standard InChI is InChI=1S/C35H22F2/c1-21-19-32-28(22-5-3-2-4-6-22)17-11-25-12-18-29-30(23-7-13-26(36)14-8-23)20-31(33(21)35(29)34(25)32)24-9-15-27(37)16-10-24/h2-20H,1H3. The first-order valence-electron chi connectivity index (χ1n) is 12.4. The van der Waals surface area contributed by atoms with Crippen molar-refractivity contribution >= 4 is 32.3 Å². The third-order valence-corrected chi connectivity index (χ3v) is 7.48. The van der Waals surface area contributed by atoms with Crippen molar-refractivity contribution in [2.45, 2.75) is 6.92 Å². The van der Waals surface area contributed by atoms with E-state index >= 15 is 0 Å². The largest absolute Gasteiger partial charge is 0.207 e. The minimum absolute atomic E-state index is 0.260. The van der Waals surface area contributed by atoms with Crippen molar-refractivity contribution in [1.82, 2.24) is 0 Å². The Morgan fingerprint density at radius 2 is 1.03 bits per heavy atom. The fourth-order valence-electron chi connectivity index (χ4n) is 5.80. The molecule has 0 saturated carbocycles. The molecule has 0 aromatic heterocycles. The molecule has 0 heterocycles. The van der Waals surface area contributed by atoms with Gasteiger partial charge in [-0.15, -0.1) is 0 Å². The first-order chi connectivity index (χ1) is 18.1. The number of hydrogen-bond acceptors (Lipinski definition) is 0. The van der Waals surface area contributed by atoms with Gasteiger partial charge in [-0.1, -0.05) is 84.9 Å². The zero-order valence-corrected chi connectivity index (χ0v) is 20.2. The van der Waals surface area contributed by atoms with E-state index in [2.05, 4.69) is 67.6 Å². The first-order valence-corrected chi connectivity index (χ1v) is 12.4. The SMILES string of the molecule is Cc1cc2c(-c3ccccc3)ccc3ccc4c(-c5ccc(F)cc5)cc(-c5ccc(F)cc5)c1c4c32. The molecule has 0 nitrogen and oxygen atoms in total. The molecule has 0 saturated heterocycles.